The molecule has 2 aromatic carbocycles. The van der Waals surface area contributed by atoms with E-state index in [1.807, 2.05) is 12.1 Å². The number of amides is 4. The van der Waals surface area contributed by atoms with E-state index < -0.39 is 17.8 Å². The van der Waals surface area contributed by atoms with E-state index in [0.717, 1.165) is 22.6 Å². The highest BCUT2D eigenvalue weighted by Crippen LogP contribution is 2.45. The SMILES string of the molecule is COc1ccc(N2C(=O)NC(=O)/C(=C/c3cc4c(cc3OC)N(C)C(C)(C)CC4C)C2=O)cc1. The zero-order valence-electron chi connectivity index (χ0n) is 20.3. The van der Waals surface area contributed by atoms with Crippen molar-refractivity contribution in [2.45, 2.75) is 38.6 Å². The monoisotopic (exact) mass is 463 g/mol. The Hall–Kier alpha value is -3.81. The number of nitrogens with zero attached hydrogens (tertiary/aromatic N) is 2. The number of anilines is 2. The van der Waals surface area contributed by atoms with E-state index in [1.54, 1.807) is 31.4 Å². The van der Waals surface area contributed by atoms with Crippen molar-refractivity contribution >= 4 is 35.3 Å². The first-order valence-electron chi connectivity index (χ1n) is 11.1. The normalized spacial score (nSPS) is 20.8. The second-order valence-electron chi connectivity index (χ2n) is 9.29. The van der Waals surface area contributed by atoms with Crippen LogP contribution in [0.4, 0.5) is 16.2 Å². The van der Waals surface area contributed by atoms with E-state index in [-0.39, 0.29) is 17.0 Å². The molecule has 2 aliphatic rings. The molecule has 2 heterocycles. The highest BCUT2D eigenvalue weighted by molar-refractivity contribution is 6.39. The van der Waals surface area contributed by atoms with E-state index in [1.165, 1.54) is 13.2 Å². The van der Waals surface area contributed by atoms with Crippen LogP contribution in [0.3, 0.4) is 0 Å². The maximum atomic E-state index is 13.3. The molecule has 1 unspecified atom stereocenters. The van der Waals surface area contributed by atoms with Crippen LogP contribution in [0.5, 0.6) is 11.5 Å². The average molecular weight is 464 g/mol. The van der Waals surface area contributed by atoms with Crippen LogP contribution in [0.15, 0.2) is 42.0 Å². The van der Waals surface area contributed by atoms with Crippen molar-refractivity contribution in [3.05, 3.63) is 53.1 Å². The van der Waals surface area contributed by atoms with Gasteiger partial charge in [-0.1, -0.05) is 6.92 Å². The number of carbonyl (C=O) groups is 3. The lowest BCUT2D eigenvalue weighted by Gasteiger charge is -2.45. The number of hydrogen-bond acceptors (Lipinski definition) is 6. The van der Waals surface area contributed by atoms with E-state index in [0.29, 0.717) is 22.7 Å². The van der Waals surface area contributed by atoms with Gasteiger partial charge in [0, 0.05) is 29.9 Å². The topological polar surface area (TPSA) is 88.2 Å². The van der Waals surface area contributed by atoms with Crippen LogP contribution in [0.1, 0.15) is 44.2 Å². The molecule has 34 heavy (non-hydrogen) atoms. The number of carbonyl (C=O) groups excluding carboxylic acids is 3. The number of nitrogens with one attached hydrogen (secondary N) is 1. The molecule has 0 spiro atoms. The van der Waals surface area contributed by atoms with Gasteiger partial charge >= 0.3 is 6.03 Å². The molecule has 0 aliphatic carbocycles. The Balaban J connectivity index is 1.78. The molecular weight excluding hydrogens is 434 g/mol. The third-order valence-electron chi connectivity index (χ3n) is 6.72. The summed E-state index contributed by atoms with van der Waals surface area (Å²) in [4.78, 5) is 41.6. The van der Waals surface area contributed by atoms with Gasteiger partial charge < -0.3 is 14.4 Å². The molecule has 1 N–H and O–H groups in total. The van der Waals surface area contributed by atoms with Crippen molar-refractivity contribution in [1.29, 1.82) is 0 Å². The van der Waals surface area contributed by atoms with Gasteiger partial charge in [-0.2, -0.15) is 0 Å². The molecule has 1 atom stereocenters. The van der Waals surface area contributed by atoms with Crippen molar-refractivity contribution < 1.29 is 23.9 Å². The molecule has 0 saturated carbocycles. The van der Waals surface area contributed by atoms with Gasteiger partial charge in [0.2, 0.25) is 0 Å². The Bertz CT molecular complexity index is 1200. The average Bonchev–Trinajstić information content (AvgIpc) is 2.80. The molecule has 2 aliphatic heterocycles. The summed E-state index contributed by atoms with van der Waals surface area (Å²) in [5.41, 5.74) is 2.93. The van der Waals surface area contributed by atoms with E-state index >= 15 is 0 Å². The molecule has 1 saturated heterocycles. The molecule has 1 fully saturated rings. The minimum absolute atomic E-state index is 0.0180. The lowest BCUT2D eigenvalue weighted by Crippen LogP contribution is -2.54. The lowest BCUT2D eigenvalue weighted by molar-refractivity contribution is -0.122. The van der Waals surface area contributed by atoms with Gasteiger partial charge in [-0.3, -0.25) is 14.9 Å². The second kappa shape index (κ2) is 8.52. The number of fused-ring (bicyclic) bond motifs is 1. The highest BCUT2D eigenvalue weighted by atomic mass is 16.5. The number of imide groups is 2. The maximum absolute atomic E-state index is 13.3. The van der Waals surface area contributed by atoms with Crippen LogP contribution in [0, 0.1) is 0 Å². The smallest absolute Gasteiger partial charge is 0.335 e. The summed E-state index contributed by atoms with van der Waals surface area (Å²) in [5, 5.41) is 2.26. The molecule has 8 nitrogen and oxygen atoms in total. The standard InChI is InChI=1S/C26H29N3O5/c1-15-14-26(2,3)28(4)21-13-22(34-6)16(11-19(15)21)12-20-23(30)27-25(32)29(24(20)31)17-7-9-18(33-5)10-8-17/h7-13,15H,14H2,1-6H3,(H,27,30,32)/b20-12-. The zero-order valence-corrected chi connectivity index (χ0v) is 20.3. The quantitative estimate of drug-likeness (QED) is 0.543. The fourth-order valence-electron chi connectivity index (χ4n) is 4.68. The van der Waals surface area contributed by atoms with Crippen LogP contribution in [-0.4, -0.2) is 44.7 Å². The number of methoxy groups -OCH3 is 2. The number of urea groups is 1. The first-order valence-corrected chi connectivity index (χ1v) is 11.1. The Morgan fingerprint density at radius 2 is 1.74 bits per heavy atom. The summed E-state index contributed by atoms with van der Waals surface area (Å²) in [6.07, 6.45) is 2.45. The largest absolute Gasteiger partial charge is 0.497 e. The molecule has 2 aromatic rings. The van der Waals surface area contributed by atoms with Gasteiger partial charge in [0.05, 0.1) is 19.9 Å². The van der Waals surface area contributed by atoms with Gasteiger partial charge in [-0.05, 0) is 68.2 Å². The Kier molecular flexibility index (Phi) is 5.85. The number of barbiturate groups is 1. The molecule has 0 aromatic heterocycles. The van der Waals surface area contributed by atoms with Crippen molar-refractivity contribution in [3.8, 4) is 11.5 Å². The Labute approximate surface area is 199 Å². The molecule has 0 radical (unpaired) electrons. The minimum Gasteiger partial charge on any atom is -0.497 e. The van der Waals surface area contributed by atoms with Crippen LogP contribution in [-0.2, 0) is 9.59 Å². The van der Waals surface area contributed by atoms with E-state index in [4.69, 9.17) is 9.47 Å². The fourth-order valence-corrected chi connectivity index (χ4v) is 4.68. The van der Waals surface area contributed by atoms with Gasteiger partial charge in [-0.25, -0.2) is 9.69 Å². The van der Waals surface area contributed by atoms with Gasteiger partial charge in [0.1, 0.15) is 17.1 Å². The number of rotatable bonds is 4. The zero-order chi connectivity index (χ0) is 24.8. The first kappa shape index (κ1) is 23.4. The van der Waals surface area contributed by atoms with E-state index in [2.05, 4.69) is 38.0 Å². The molecule has 4 amide bonds. The Morgan fingerprint density at radius 3 is 2.35 bits per heavy atom. The summed E-state index contributed by atoms with van der Waals surface area (Å²) >= 11 is 0. The molecule has 178 valence electrons. The van der Waals surface area contributed by atoms with E-state index in [9.17, 15) is 14.4 Å². The molecule has 4 rings (SSSR count). The van der Waals surface area contributed by atoms with Crippen LogP contribution >= 0.6 is 0 Å². The van der Waals surface area contributed by atoms with Crippen molar-refractivity contribution in [3.63, 3.8) is 0 Å². The van der Waals surface area contributed by atoms with Gasteiger partial charge in [-0.15, -0.1) is 0 Å². The fraction of sp³-hybridized carbons (Fsp3) is 0.346. The number of hydrogen-bond donors (Lipinski definition) is 1. The van der Waals surface area contributed by atoms with Crippen molar-refractivity contribution in [2.75, 3.05) is 31.1 Å². The Morgan fingerprint density at radius 1 is 1.06 bits per heavy atom. The molecule has 0 bridgehead atoms. The van der Waals surface area contributed by atoms with Crippen molar-refractivity contribution in [2.24, 2.45) is 0 Å². The number of ether oxygens (including phenoxy) is 2. The summed E-state index contributed by atoms with van der Waals surface area (Å²) in [6, 6.07) is 9.56. The lowest BCUT2D eigenvalue weighted by atomic mass is 9.79. The van der Waals surface area contributed by atoms with Crippen molar-refractivity contribution in [1.82, 2.24) is 5.32 Å². The third kappa shape index (κ3) is 3.89. The second-order valence-corrected chi connectivity index (χ2v) is 9.29. The molecule has 8 heteroatoms. The summed E-state index contributed by atoms with van der Waals surface area (Å²) in [7, 11) is 5.13. The predicted molar refractivity (Wildman–Crippen MR) is 131 cm³/mol. The summed E-state index contributed by atoms with van der Waals surface area (Å²) < 4.78 is 10.8. The minimum atomic E-state index is -0.799. The van der Waals surface area contributed by atoms with Crippen LogP contribution < -0.4 is 24.6 Å². The van der Waals surface area contributed by atoms with Gasteiger partial charge in [0.25, 0.3) is 11.8 Å². The highest BCUT2D eigenvalue weighted by Gasteiger charge is 2.38. The van der Waals surface area contributed by atoms with Crippen LogP contribution in [0.25, 0.3) is 6.08 Å². The third-order valence-corrected chi connectivity index (χ3v) is 6.72. The van der Waals surface area contributed by atoms with Gasteiger partial charge in [0.15, 0.2) is 0 Å². The molecular formula is C26H29N3O5. The maximum Gasteiger partial charge on any atom is 0.335 e. The summed E-state index contributed by atoms with van der Waals surface area (Å²) in [6.45, 7) is 6.56. The first-order chi connectivity index (χ1) is 16.1. The number of benzene rings is 2. The van der Waals surface area contributed by atoms with Crippen LogP contribution in [0.2, 0.25) is 0 Å². The predicted octanol–water partition coefficient (Wildman–Crippen LogP) is 4.09. The summed E-state index contributed by atoms with van der Waals surface area (Å²) in [5.74, 6) is -0.0497.